The van der Waals surface area contributed by atoms with Crippen molar-refractivity contribution in [2.75, 3.05) is 11.1 Å². The fourth-order valence-corrected chi connectivity index (χ4v) is 1.70. The molecule has 6 nitrogen and oxygen atoms in total. The molecule has 1 aromatic carbocycles. The van der Waals surface area contributed by atoms with Crippen LogP contribution in [0.15, 0.2) is 42.6 Å². The number of nitrogen functional groups attached to an aromatic ring is 1. The Morgan fingerprint density at radius 3 is 2.63 bits per heavy atom. The number of para-hydroxylation sites is 2. The molecule has 0 aliphatic rings. The van der Waals surface area contributed by atoms with Crippen LogP contribution in [0, 0.1) is 0 Å². The van der Waals surface area contributed by atoms with Gasteiger partial charge in [-0.25, -0.2) is 0 Å². The van der Waals surface area contributed by atoms with Crippen molar-refractivity contribution in [3.63, 3.8) is 0 Å². The fourth-order valence-electron chi connectivity index (χ4n) is 1.70. The minimum atomic E-state index is -1.01. The molecule has 0 unspecified atom stereocenters. The van der Waals surface area contributed by atoms with Crippen LogP contribution >= 0.6 is 0 Å². The largest absolute Gasteiger partial charge is 0.480 e. The van der Waals surface area contributed by atoms with Crippen molar-refractivity contribution in [1.82, 2.24) is 4.57 Å². The normalized spacial score (nSPS) is 10.1. The van der Waals surface area contributed by atoms with E-state index in [9.17, 15) is 9.59 Å². The van der Waals surface area contributed by atoms with Gasteiger partial charge in [0.25, 0.3) is 5.91 Å². The van der Waals surface area contributed by atoms with E-state index in [2.05, 4.69) is 5.32 Å². The van der Waals surface area contributed by atoms with Crippen LogP contribution in [0.4, 0.5) is 11.4 Å². The number of rotatable bonds is 4. The molecule has 0 spiro atoms. The van der Waals surface area contributed by atoms with Crippen molar-refractivity contribution in [2.24, 2.45) is 0 Å². The molecule has 0 atom stereocenters. The molecule has 0 saturated heterocycles. The van der Waals surface area contributed by atoms with E-state index in [-0.39, 0.29) is 12.2 Å². The van der Waals surface area contributed by atoms with Gasteiger partial charge in [-0.05, 0) is 24.3 Å². The maximum Gasteiger partial charge on any atom is 0.323 e. The number of nitrogens with one attached hydrogen (secondary N) is 1. The molecular weight excluding hydrogens is 246 g/mol. The molecule has 1 amide bonds. The van der Waals surface area contributed by atoms with Crippen LogP contribution < -0.4 is 11.1 Å². The summed E-state index contributed by atoms with van der Waals surface area (Å²) in [7, 11) is 0. The highest BCUT2D eigenvalue weighted by molar-refractivity contribution is 6.04. The lowest BCUT2D eigenvalue weighted by molar-refractivity contribution is -0.137. The average molecular weight is 259 g/mol. The molecule has 0 aliphatic carbocycles. The zero-order chi connectivity index (χ0) is 13.8. The van der Waals surface area contributed by atoms with Crippen LogP contribution in [0.5, 0.6) is 0 Å². The van der Waals surface area contributed by atoms with Crippen molar-refractivity contribution in [3.05, 3.63) is 48.3 Å². The molecule has 98 valence electrons. The zero-order valence-electron chi connectivity index (χ0n) is 10.0. The van der Waals surface area contributed by atoms with Gasteiger partial charge in [0.1, 0.15) is 12.2 Å². The number of nitrogens with two attached hydrogens (primary N) is 1. The van der Waals surface area contributed by atoms with Crippen LogP contribution in [0.25, 0.3) is 0 Å². The number of carbonyl (C=O) groups is 2. The second kappa shape index (κ2) is 5.26. The topological polar surface area (TPSA) is 97.4 Å². The highest BCUT2D eigenvalue weighted by Gasteiger charge is 2.13. The van der Waals surface area contributed by atoms with Crippen LogP contribution in [0.2, 0.25) is 0 Å². The number of benzene rings is 1. The predicted molar refractivity (Wildman–Crippen MR) is 70.9 cm³/mol. The number of hydrogen-bond acceptors (Lipinski definition) is 3. The summed E-state index contributed by atoms with van der Waals surface area (Å²) >= 11 is 0. The van der Waals surface area contributed by atoms with Gasteiger partial charge in [0.2, 0.25) is 0 Å². The summed E-state index contributed by atoms with van der Waals surface area (Å²) in [5, 5.41) is 11.4. The average Bonchev–Trinajstić information content (AvgIpc) is 2.79. The second-order valence-electron chi connectivity index (χ2n) is 3.96. The molecule has 0 aliphatic heterocycles. The summed E-state index contributed by atoms with van der Waals surface area (Å²) in [6, 6.07) is 10.0. The standard InChI is InChI=1S/C13H13N3O3/c14-9-4-1-2-5-10(9)15-13(19)11-6-3-7-16(11)8-12(17)18/h1-7H,8,14H2,(H,15,19)(H,17,18). The van der Waals surface area contributed by atoms with E-state index < -0.39 is 11.9 Å². The van der Waals surface area contributed by atoms with Gasteiger partial charge >= 0.3 is 5.97 Å². The fraction of sp³-hybridized carbons (Fsp3) is 0.0769. The van der Waals surface area contributed by atoms with E-state index >= 15 is 0 Å². The zero-order valence-corrected chi connectivity index (χ0v) is 10.0. The predicted octanol–water partition coefficient (Wildman–Crippen LogP) is 1.41. The van der Waals surface area contributed by atoms with Gasteiger partial charge in [-0.1, -0.05) is 12.1 Å². The number of amides is 1. The first-order valence-corrected chi connectivity index (χ1v) is 5.60. The molecule has 4 N–H and O–H groups in total. The Labute approximate surface area is 109 Å². The van der Waals surface area contributed by atoms with E-state index in [0.717, 1.165) is 0 Å². The summed E-state index contributed by atoms with van der Waals surface area (Å²) < 4.78 is 1.36. The lowest BCUT2D eigenvalue weighted by Gasteiger charge is -2.09. The molecule has 19 heavy (non-hydrogen) atoms. The van der Waals surface area contributed by atoms with Gasteiger partial charge < -0.3 is 20.7 Å². The monoisotopic (exact) mass is 259 g/mol. The van der Waals surface area contributed by atoms with Gasteiger partial charge in [0.15, 0.2) is 0 Å². The summed E-state index contributed by atoms with van der Waals surface area (Å²) in [5.74, 6) is -1.41. The molecule has 0 fully saturated rings. The van der Waals surface area contributed by atoms with Gasteiger partial charge in [0.05, 0.1) is 11.4 Å². The van der Waals surface area contributed by atoms with E-state index in [0.29, 0.717) is 11.4 Å². The molecule has 0 radical (unpaired) electrons. The van der Waals surface area contributed by atoms with Crippen LogP contribution in [-0.2, 0) is 11.3 Å². The summed E-state index contributed by atoms with van der Waals surface area (Å²) in [6.07, 6.45) is 1.54. The first kappa shape index (κ1) is 12.7. The Morgan fingerprint density at radius 1 is 1.21 bits per heavy atom. The summed E-state index contributed by atoms with van der Waals surface area (Å²) in [6.45, 7) is -0.264. The minimum Gasteiger partial charge on any atom is -0.480 e. The minimum absolute atomic E-state index is 0.264. The summed E-state index contributed by atoms with van der Waals surface area (Å²) in [5.41, 5.74) is 6.94. The van der Waals surface area contributed by atoms with Crippen LogP contribution in [-0.4, -0.2) is 21.6 Å². The number of aliphatic carboxylic acids is 1. The van der Waals surface area contributed by atoms with Gasteiger partial charge in [-0.2, -0.15) is 0 Å². The molecule has 1 heterocycles. The molecule has 0 saturated carbocycles. The van der Waals surface area contributed by atoms with Crippen molar-refractivity contribution in [3.8, 4) is 0 Å². The quantitative estimate of drug-likeness (QED) is 0.723. The SMILES string of the molecule is Nc1ccccc1NC(=O)c1cccn1CC(=O)O. The highest BCUT2D eigenvalue weighted by Crippen LogP contribution is 2.17. The number of hydrogen-bond donors (Lipinski definition) is 3. The van der Waals surface area contributed by atoms with Crippen molar-refractivity contribution < 1.29 is 14.7 Å². The molecule has 6 heteroatoms. The van der Waals surface area contributed by atoms with E-state index in [1.54, 1.807) is 36.4 Å². The van der Waals surface area contributed by atoms with E-state index in [1.165, 1.54) is 10.8 Å². The Morgan fingerprint density at radius 2 is 1.95 bits per heavy atom. The molecule has 0 bridgehead atoms. The smallest absolute Gasteiger partial charge is 0.323 e. The van der Waals surface area contributed by atoms with E-state index in [1.807, 2.05) is 0 Å². The maximum atomic E-state index is 12.0. The number of carboxylic acids is 1. The third-order valence-corrected chi connectivity index (χ3v) is 2.58. The number of aromatic nitrogens is 1. The number of nitrogens with zero attached hydrogens (tertiary/aromatic N) is 1. The Hall–Kier alpha value is -2.76. The molecule has 2 aromatic rings. The third kappa shape index (κ3) is 2.92. The van der Waals surface area contributed by atoms with Crippen LogP contribution in [0.3, 0.4) is 0 Å². The Balaban J connectivity index is 2.19. The van der Waals surface area contributed by atoms with Crippen molar-refractivity contribution >= 4 is 23.3 Å². The van der Waals surface area contributed by atoms with Crippen molar-refractivity contribution in [1.29, 1.82) is 0 Å². The van der Waals surface area contributed by atoms with Gasteiger partial charge in [0, 0.05) is 6.20 Å². The maximum absolute atomic E-state index is 12.0. The lowest BCUT2D eigenvalue weighted by atomic mass is 10.2. The third-order valence-electron chi connectivity index (χ3n) is 2.58. The number of carbonyl (C=O) groups excluding carboxylic acids is 1. The van der Waals surface area contributed by atoms with Gasteiger partial charge in [-0.15, -0.1) is 0 Å². The van der Waals surface area contributed by atoms with Crippen LogP contribution in [0.1, 0.15) is 10.5 Å². The first-order valence-electron chi connectivity index (χ1n) is 5.60. The highest BCUT2D eigenvalue weighted by atomic mass is 16.4. The molecular formula is C13H13N3O3. The second-order valence-corrected chi connectivity index (χ2v) is 3.96. The number of carboxylic acid groups (broad SMARTS) is 1. The lowest BCUT2D eigenvalue weighted by Crippen LogP contribution is -2.19. The van der Waals surface area contributed by atoms with Gasteiger partial charge in [-0.3, -0.25) is 9.59 Å². The van der Waals surface area contributed by atoms with E-state index in [4.69, 9.17) is 10.8 Å². The molecule has 1 aromatic heterocycles. The first-order chi connectivity index (χ1) is 9.08. The number of anilines is 2. The summed E-state index contributed by atoms with van der Waals surface area (Å²) in [4.78, 5) is 22.7. The van der Waals surface area contributed by atoms with Crippen molar-refractivity contribution in [2.45, 2.75) is 6.54 Å². The molecule has 2 rings (SSSR count). The Kier molecular flexibility index (Phi) is 3.51. The Bertz CT molecular complexity index is 619.